The monoisotopic (exact) mass is 414 g/mol. The number of halogens is 1. The Bertz CT molecular complexity index is 990. The normalized spacial score (nSPS) is 11.0. The summed E-state index contributed by atoms with van der Waals surface area (Å²) in [4.78, 5) is 10.9. The molecule has 152 valence electrons. The highest BCUT2D eigenvalue weighted by molar-refractivity contribution is 7.98. The number of amides is 1. The number of aromatic nitrogens is 3. The maximum absolute atomic E-state index is 14.3. The molecule has 29 heavy (non-hydrogen) atoms. The highest BCUT2D eigenvalue weighted by Crippen LogP contribution is 2.29. The standard InChI is InChI=1S/C21H23FN4O2S/c1-14(2)11-26-20(17-8-3-4-9-18(17)22)24-25-21(26)29-13-15-6-5-7-16(10-15)28-12-19(23)27/h3-10,14H,11-13H2,1-2H3,(H2,23,27). The summed E-state index contributed by atoms with van der Waals surface area (Å²) in [6.45, 7) is 4.71. The third kappa shape index (κ3) is 5.57. The first-order chi connectivity index (χ1) is 13.9. The van der Waals surface area contributed by atoms with Crippen LogP contribution in [0, 0.1) is 11.7 Å². The van der Waals surface area contributed by atoms with Crippen LogP contribution in [0.3, 0.4) is 0 Å². The zero-order valence-electron chi connectivity index (χ0n) is 16.3. The van der Waals surface area contributed by atoms with Crippen molar-refractivity contribution >= 4 is 17.7 Å². The molecule has 3 rings (SSSR count). The van der Waals surface area contributed by atoms with E-state index in [9.17, 15) is 9.18 Å². The van der Waals surface area contributed by atoms with E-state index >= 15 is 0 Å². The van der Waals surface area contributed by atoms with Crippen LogP contribution in [0.4, 0.5) is 4.39 Å². The number of primary amides is 1. The molecule has 0 aliphatic rings. The van der Waals surface area contributed by atoms with Gasteiger partial charge in [0.2, 0.25) is 0 Å². The maximum atomic E-state index is 14.3. The molecule has 6 nitrogen and oxygen atoms in total. The Hall–Kier alpha value is -2.87. The Kier molecular flexibility index (Phi) is 6.87. The predicted octanol–water partition coefficient (Wildman–Crippen LogP) is 3.90. The number of nitrogens with zero attached hydrogens (tertiary/aromatic N) is 3. The minimum Gasteiger partial charge on any atom is -0.484 e. The molecule has 8 heteroatoms. The second-order valence-corrected chi connectivity index (χ2v) is 7.92. The summed E-state index contributed by atoms with van der Waals surface area (Å²) in [5.41, 5.74) is 6.56. The van der Waals surface area contributed by atoms with E-state index in [2.05, 4.69) is 24.0 Å². The van der Waals surface area contributed by atoms with Crippen molar-refractivity contribution in [2.75, 3.05) is 6.61 Å². The smallest absolute Gasteiger partial charge is 0.255 e. The first-order valence-electron chi connectivity index (χ1n) is 9.25. The number of thioether (sulfide) groups is 1. The van der Waals surface area contributed by atoms with Crippen LogP contribution in [-0.2, 0) is 17.1 Å². The van der Waals surface area contributed by atoms with Gasteiger partial charge in [0.15, 0.2) is 17.6 Å². The van der Waals surface area contributed by atoms with Gasteiger partial charge in [-0.1, -0.05) is 49.9 Å². The van der Waals surface area contributed by atoms with Crippen LogP contribution < -0.4 is 10.5 Å². The average Bonchev–Trinajstić information content (AvgIpc) is 3.07. The van der Waals surface area contributed by atoms with Gasteiger partial charge in [0.05, 0.1) is 5.56 Å². The molecule has 1 heterocycles. The number of carbonyl (C=O) groups excluding carboxylic acids is 1. The topological polar surface area (TPSA) is 83.0 Å². The number of hydrogen-bond acceptors (Lipinski definition) is 5. The summed E-state index contributed by atoms with van der Waals surface area (Å²) in [6, 6.07) is 14.0. The molecule has 1 aromatic heterocycles. The Balaban J connectivity index is 1.80. The third-order valence-electron chi connectivity index (χ3n) is 4.03. The van der Waals surface area contributed by atoms with Gasteiger partial charge in [-0.05, 0) is 35.7 Å². The van der Waals surface area contributed by atoms with Crippen molar-refractivity contribution in [2.45, 2.75) is 31.3 Å². The number of rotatable bonds is 9. The Labute approximate surface area is 173 Å². The fourth-order valence-electron chi connectivity index (χ4n) is 2.79. The first-order valence-corrected chi connectivity index (χ1v) is 10.2. The summed E-state index contributed by atoms with van der Waals surface area (Å²) in [7, 11) is 0. The lowest BCUT2D eigenvalue weighted by Gasteiger charge is -2.13. The molecule has 0 saturated carbocycles. The van der Waals surface area contributed by atoms with Crippen LogP contribution in [0.25, 0.3) is 11.4 Å². The van der Waals surface area contributed by atoms with E-state index in [4.69, 9.17) is 10.5 Å². The van der Waals surface area contributed by atoms with Crippen molar-refractivity contribution in [3.05, 3.63) is 59.9 Å². The van der Waals surface area contributed by atoms with Crippen LogP contribution in [0.15, 0.2) is 53.7 Å². The van der Waals surface area contributed by atoms with Crippen molar-refractivity contribution in [3.8, 4) is 17.1 Å². The number of benzene rings is 2. The summed E-state index contributed by atoms with van der Waals surface area (Å²) < 4.78 is 21.6. The van der Waals surface area contributed by atoms with Gasteiger partial charge >= 0.3 is 0 Å². The van der Waals surface area contributed by atoms with Gasteiger partial charge in [-0.2, -0.15) is 0 Å². The highest BCUT2D eigenvalue weighted by Gasteiger charge is 2.18. The summed E-state index contributed by atoms with van der Waals surface area (Å²) in [5, 5.41) is 9.28. The van der Waals surface area contributed by atoms with Crippen LogP contribution in [0.2, 0.25) is 0 Å². The molecule has 0 radical (unpaired) electrons. The second-order valence-electron chi connectivity index (χ2n) is 6.98. The lowest BCUT2D eigenvalue weighted by molar-refractivity contribution is -0.119. The Morgan fingerprint density at radius 2 is 2.00 bits per heavy atom. The minimum absolute atomic E-state index is 0.161. The first kappa shape index (κ1) is 20.9. The SMILES string of the molecule is CC(C)Cn1c(SCc2cccc(OCC(N)=O)c2)nnc1-c1ccccc1F. The van der Waals surface area contributed by atoms with Crippen molar-refractivity contribution < 1.29 is 13.9 Å². The molecule has 3 aromatic rings. The average molecular weight is 415 g/mol. The zero-order valence-corrected chi connectivity index (χ0v) is 17.2. The maximum Gasteiger partial charge on any atom is 0.255 e. The van der Waals surface area contributed by atoms with E-state index in [0.29, 0.717) is 35.4 Å². The Morgan fingerprint density at radius 1 is 1.21 bits per heavy atom. The summed E-state index contributed by atoms with van der Waals surface area (Å²) in [6.07, 6.45) is 0. The quantitative estimate of drug-likeness (QED) is 0.537. The van der Waals surface area contributed by atoms with Crippen LogP contribution >= 0.6 is 11.8 Å². The molecule has 0 saturated heterocycles. The lowest BCUT2D eigenvalue weighted by atomic mass is 10.2. The molecule has 0 aliphatic carbocycles. The van der Waals surface area contributed by atoms with Gasteiger partial charge in [-0.15, -0.1) is 10.2 Å². The summed E-state index contributed by atoms with van der Waals surface area (Å²) >= 11 is 1.52. The molecule has 0 fully saturated rings. The van der Waals surface area contributed by atoms with Gasteiger partial charge in [0.1, 0.15) is 11.6 Å². The molecule has 1 amide bonds. The van der Waals surface area contributed by atoms with Crippen molar-refractivity contribution in [2.24, 2.45) is 11.7 Å². The van der Waals surface area contributed by atoms with E-state index < -0.39 is 5.91 Å². The number of nitrogens with two attached hydrogens (primary N) is 1. The minimum atomic E-state index is -0.521. The number of hydrogen-bond donors (Lipinski definition) is 1. The molecule has 2 N–H and O–H groups in total. The van der Waals surface area contributed by atoms with Gasteiger partial charge in [-0.3, -0.25) is 4.79 Å². The predicted molar refractivity (Wildman–Crippen MR) is 111 cm³/mol. The molecule has 2 aromatic carbocycles. The van der Waals surface area contributed by atoms with Crippen molar-refractivity contribution in [1.82, 2.24) is 14.8 Å². The number of carbonyl (C=O) groups is 1. The molecule has 0 spiro atoms. The van der Waals surface area contributed by atoms with Gasteiger partial charge in [0, 0.05) is 12.3 Å². The third-order valence-corrected chi connectivity index (χ3v) is 5.06. The van der Waals surface area contributed by atoms with Gasteiger partial charge in [-0.25, -0.2) is 4.39 Å². The zero-order chi connectivity index (χ0) is 20.8. The largest absolute Gasteiger partial charge is 0.484 e. The van der Waals surface area contributed by atoms with Crippen LogP contribution in [0.1, 0.15) is 19.4 Å². The summed E-state index contributed by atoms with van der Waals surface area (Å²) in [5.74, 6) is 1.24. The van der Waals surface area contributed by atoms with Crippen molar-refractivity contribution in [3.63, 3.8) is 0 Å². The van der Waals surface area contributed by atoms with E-state index in [0.717, 1.165) is 10.7 Å². The fourth-order valence-corrected chi connectivity index (χ4v) is 3.69. The second kappa shape index (κ2) is 9.56. The van der Waals surface area contributed by atoms with Crippen molar-refractivity contribution in [1.29, 1.82) is 0 Å². The fraction of sp³-hybridized carbons (Fsp3) is 0.286. The Morgan fingerprint density at radius 3 is 2.72 bits per heavy atom. The molecule has 0 atom stereocenters. The lowest BCUT2D eigenvalue weighted by Crippen LogP contribution is -2.20. The molecule has 0 unspecified atom stereocenters. The number of ether oxygens (including phenoxy) is 1. The molecular weight excluding hydrogens is 391 g/mol. The molecule has 0 aliphatic heterocycles. The molecular formula is C21H23FN4O2S. The van der Waals surface area contributed by atoms with E-state index in [1.54, 1.807) is 24.3 Å². The van der Waals surface area contributed by atoms with E-state index in [-0.39, 0.29) is 12.4 Å². The highest BCUT2D eigenvalue weighted by atomic mass is 32.2. The molecule has 0 bridgehead atoms. The van der Waals surface area contributed by atoms with Crippen LogP contribution in [-0.4, -0.2) is 27.3 Å². The van der Waals surface area contributed by atoms with Gasteiger partial charge in [0.25, 0.3) is 5.91 Å². The van der Waals surface area contributed by atoms with E-state index in [1.807, 2.05) is 22.8 Å². The van der Waals surface area contributed by atoms with Crippen LogP contribution in [0.5, 0.6) is 5.75 Å². The van der Waals surface area contributed by atoms with Gasteiger partial charge < -0.3 is 15.0 Å². The van der Waals surface area contributed by atoms with E-state index in [1.165, 1.54) is 17.8 Å².